The number of carbonyl (C=O) groups is 1. The number of hydrogen-bond acceptors (Lipinski definition) is 4. The van der Waals surface area contributed by atoms with Gasteiger partial charge in [0.25, 0.3) is 0 Å². The van der Waals surface area contributed by atoms with E-state index in [-0.39, 0.29) is 37.3 Å². The summed E-state index contributed by atoms with van der Waals surface area (Å²) in [6.07, 6.45) is 1.68. The van der Waals surface area contributed by atoms with Crippen LogP contribution in [0.1, 0.15) is 19.3 Å². The standard InChI is InChI=1S/C17H23F2N3O3S.ClH/c18-14-2-3-15(19)16(12-14)26(24,25)22-9-4-13(5-10-22)17(23)21-8-1-6-20-7-11-21;/h2-3,12-13,20H,1,4-11H2;1H. The van der Waals surface area contributed by atoms with Crippen molar-refractivity contribution in [2.75, 3.05) is 39.3 Å². The molecule has 2 fully saturated rings. The summed E-state index contributed by atoms with van der Waals surface area (Å²) in [6.45, 7) is 3.27. The number of hydrogen-bond donors (Lipinski definition) is 1. The van der Waals surface area contributed by atoms with E-state index in [0.29, 0.717) is 32.0 Å². The second-order valence-electron chi connectivity index (χ2n) is 6.68. The minimum atomic E-state index is -4.11. The molecule has 3 rings (SSSR count). The van der Waals surface area contributed by atoms with Crippen molar-refractivity contribution in [1.29, 1.82) is 0 Å². The zero-order valence-electron chi connectivity index (χ0n) is 14.9. The minimum Gasteiger partial charge on any atom is -0.341 e. The number of sulfonamides is 1. The Kier molecular flexibility index (Phi) is 7.55. The Labute approximate surface area is 164 Å². The fraction of sp³-hybridized carbons (Fsp3) is 0.588. The van der Waals surface area contributed by atoms with Crippen LogP contribution in [0.25, 0.3) is 0 Å². The predicted octanol–water partition coefficient (Wildman–Crippen LogP) is 1.61. The smallest absolute Gasteiger partial charge is 0.246 e. The van der Waals surface area contributed by atoms with E-state index < -0.39 is 26.6 Å². The molecule has 0 aromatic heterocycles. The first-order chi connectivity index (χ1) is 12.4. The van der Waals surface area contributed by atoms with Gasteiger partial charge in [-0.25, -0.2) is 17.2 Å². The molecule has 10 heteroatoms. The van der Waals surface area contributed by atoms with E-state index in [9.17, 15) is 22.0 Å². The van der Waals surface area contributed by atoms with E-state index >= 15 is 0 Å². The van der Waals surface area contributed by atoms with Crippen LogP contribution in [-0.4, -0.2) is 62.8 Å². The second kappa shape index (κ2) is 9.27. The Morgan fingerprint density at radius 2 is 1.78 bits per heavy atom. The van der Waals surface area contributed by atoms with E-state index in [0.717, 1.165) is 35.9 Å². The van der Waals surface area contributed by atoms with Crippen LogP contribution in [0.4, 0.5) is 8.78 Å². The van der Waals surface area contributed by atoms with Gasteiger partial charge in [-0.15, -0.1) is 12.4 Å². The molecule has 2 saturated heterocycles. The van der Waals surface area contributed by atoms with E-state index in [1.165, 1.54) is 0 Å². The molecule has 2 aliphatic heterocycles. The molecule has 1 N–H and O–H groups in total. The van der Waals surface area contributed by atoms with Gasteiger partial charge >= 0.3 is 0 Å². The van der Waals surface area contributed by atoms with E-state index in [1.54, 1.807) is 0 Å². The second-order valence-corrected chi connectivity index (χ2v) is 8.59. The number of carbonyl (C=O) groups excluding carboxylic acids is 1. The van der Waals surface area contributed by atoms with Crippen molar-refractivity contribution in [3.05, 3.63) is 29.8 Å². The zero-order valence-corrected chi connectivity index (χ0v) is 16.5. The van der Waals surface area contributed by atoms with Crippen LogP contribution in [0, 0.1) is 17.6 Å². The number of amides is 1. The Balaban J connectivity index is 0.00000261. The van der Waals surface area contributed by atoms with Crippen molar-refractivity contribution < 1.29 is 22.0 Å². The molecule has 0 bridgehead atoms. The highest BCUT2D eigenvalue weighted by Gasteiger charge is 2.35. The third kappa shape index (κ3) is 4.96. The van der Waals surface area contributed by atoms with Crippen LogP contribution in [0.3, 0.4) is 0 Å². The van der Waals surface area contributed by atoms with Gasteiger partial charge in [-0.05, 0) is 44.0 Å². The van der Waals surface area contributed by atoms with Gasteiger partial charge in [0.2, 0.25) is 15.9 Å². The third-order valence-corrected chi connectivity index (χ3v) is 6.88. The van der Waals surface area contributed by atoms with Gasteiger partial charge in [-0.2, -0.15) is 4.31 Å². The summed E-state index contributed by atoms with van der Waals surface area (Å²) in [4.78, 5) is 13.8. The molecule has 6 nitrogen and oxygen atoms in total. The van der Waals surface area contributed by atoms with Gasteiger partial charge < -0.3 is 10.2 Å². The lowest BCUT2D eigenvalue weighted by Gasteiger charge is -2.33. The zero-order chi connectivity index (χ0) is 18.7. The molecule has 0 saturated carbocycles. The molecule has 0 radical (unpaired) electrons. The lowest BCUT2D eigenvalue weighted by molar-refractivity contribution is -0.136. The third-order valence-electron chi connectivity index (χ3n) is 4.97. The fourth-order valence-electron chi connectivity index (χ4n) is 3.48. The Hall–Kier alpha value is -1.29. The van der Waals surface area contributed by atoms with E-state index in [4.69, 9.17) is 0 Å². The summed E-state index contributed by atoms with van der Waals surface area (Å²) in [5.74, 6) is -1.94. The van der Waals surface area contributed by atoms with Crippen molar-refractivity contribution >= 4 is 28.3 Å². The highest BCUT2D eigenvalue weighted by Crippen LogP contribution is 2.27. The molecule has 2 aliphatic rings. The average molecular weight is 424 g/mol. The van der Waals surface area contributed by atoms with E-state index in [1.807, 2.05) is 4.90 Å². The minimum absolute atomic E-state index is 0. The van der Waals surface area contributed by atoms with Crippen LogP contribution in [0.5, 0.6) is 0 Å². The first kappa shape index (κ1) is 22.0. The predicted molar refractivity (Wildman–Crippen MR) is 99.2 cm³/mol. The Morgan fingerprint density at radius 3 is 2.48 bits per heavy atom. The molecular weight excluding hydrogens is 400 g/mol. The van der Waals surface area contributed by atoms with Crippen molar-refractivity contribution in [2.24, 2.45) is 5.92 Å². The first-order valence-electron chi connectivity index (χ1n) is 8.84. The number of nitrogens with one attached hydrogen (secondary N) is 1. The molecule has 1 amide bonds. The number of halogens is 3. The molecule has 0 spiro atoms. The summed E-state index contributed by atoms with van der Waals surface area (Å²) in [6, 6.07) is 2.40. The average Bonchev–Trinajstić information content (AvgIpc) is 2.92. The number of nitrogens with zero attached hydrogens (tertiary/aromatic N) is 2. The Bertz CT molecular complexity index is 763. The van der Waals surface area contributed by atoms with Gasteiger partial charge in [0.05, 0.1) is 0 Å². The SMILES string of the molecule is Cl.O=C(C1CCN(S(=O)(=O)c2cc(F)ccc2F)CC1)N1CCCNCC1. The largest absolute Gasteiger partial charge is 0.341 e. The molecule has 27 heavy (non-hydrogen) atoms. The molecule has 0 aliphatic carbocycles. The number of rotatable bonds is 3. The molecule has 152 valence electrons. The van der Waals surface area contributed by atoms with Gasteiger partial charge in [-0.3, -0.25) is 4.79 Å². The lowest BCUT2D eigenvalue weighted by Crippen LogP contribution is -2.45. The number of benzene rings is 1. The van der Waals surface area contributed by atoms with Crippen molar-refractivity contribution in [3.63, 3.8) is 0 Å². The highest BCUT2D eigenvalue weighted by atomic mass is 35.5. The molecule has 1 aromatic rings. The summed E-state index contributed by atoms with van der Waals surface area (Å²) < 4.78 is 53.6. The van der Waals surface area contributed by atoms with Crippen LogP contribution in [0.15, 0.2) is 23.1 Å². The maximum absolute atomic E-state index is 13.9. The molecular formula is C17H24ClF2N3O3S. The van der Waals surface area contributed by atoms with Gasteiger partial charge in [-0.1, -0.05) is 0 Å². The molecule has 2 heterocycles. The van der Waals surface area contributed by atoms with E-state index in [2.05, 4.69) is 5.32 Å². The molecule has 1 aromatic carbocycles. The monoisotopic (exact) mass is 423 g/mol. The van der Waals surface area contributed by atoms with Crippen molar-refractivity contribution in [2.45, 2.75) is 24.2 Å². The van der Waals surface area contributed by atoms with Crippen LogP contribution in [0.2, 0.25) is 0 Å². The molecule has 0 atom stereocenters. The lowest BCUT2D eigenvalue weighted by atomic mass is 9.96. The molecule has 0 unspecified atom stereocenters. The van der Waals surface area contributed by atoms with Gasteiger partial charge in [0.1, 0.15) is 16.5 Å². The first-order valence-corrected chi connectivity index (χ1v) is 10.3. The van der Waals surface area contributed by atoms with Gasteiger partial charge in [0, 0.05) is 38.6 Å². The Morgan fingerprint density at radius 1 is 1.07 bits per heavy atom. The summed E-state index contributed by atoms with van der Waals surface area (Å²) in [5.41, 5.74) is 0. The van der Waals surface area contributed by atoms with Gasteiger partial charge in [0.15, 0.2) is 0 Å². The quantitative estimate of drug-likeness (QED) is 0.802. The van der Waals surface area contributed by atoms with Crippen LogP contribution in [-0.2, 0) is 14.8 Å². The topological polar surface area (TPSA) is 69.7 Å². The summed E-state index contributed by atoms with van der Waals surface area (Å²) in [7, 11) is -4.11. The maximum Gasteiger partial charge on any atom is 0.246 e. The number of piperidine rings is 1. The summed E-state index contributed by atoms with van der Waals surface area (Å²) in [5, 5.41) is 3.24. The van der Waals surface area contributed by atoms with Crippen molar-refractivity contribution in [3.8, 4) is 0 Å². The van der Waals surface area contributed by atoms with Crippen LogP contribution < -0.4 is 5.32 Å². The normalized spacial score (nSPS) is 20.0. The summed E-state index contributed by atoms with van der Waals surface area (Å²) >= 11 is 0. The van der Waals surface area contributed by atoms with Crippen LogP contribution >= 0.6 is 12.4 Å². The maximum atomic E-state index is 13.9. The highest BCUT2D eigenvalue weighted by molar-refractivity contribution is 7.89. The van der Waals surface area contributed by atoms with Crippen molar-refractivity contribution in [1.82, 2.24) is 14.5 Å². The fourth-order valence-corrected chi connectivity index (χ4v) is 5.03.